The third kappa shape index (κ3) is 4.25. The van der Waals surface area contributed by atoms with Crippen LogP contribution < -0.4 is 5.73 Å². The molecule has 1 aromatic carbocycles. The fraction of sp³-hybridized carbons (Fsp3) is 0.294. The van der Waals surface area contributed by atoms with Gasteiger partial charge in [0, 0.05) is 5.69 Å². The van der Waals surface area contributed by atoms with Gasteiger partial charge in [0.15, 0.2) is 0 Å². The van der Waals surface area contributed by atoms with Gasteiger partial charge in [0.1, 0.15) is 0 Å². The zero-order valence-corrected chi connectivity index (χ0v) is 11.4. The molecule has 0 radical (unpaired) electrons. The minimum atomic E-state index is 0.898. The Bertz CT molecular complexity index is 453. The summed E-state index contributed by atoms with van der Waals surface area (Å²) in [5, 5.41) is 0. The Labute approximate surface area is 111 Å². The molecular weight excluding hydrogens is 218 g/mol. The smallest absolute Gasteiger partial charge is 0.0346 e. The molecule has 0 spiro atoms. The SMILES string of the molecule is C=C/C(=C\C=C/C)CCc1ccc(N)c(CC)c1. The lowest BCUT2D eigenvalue weighted by molar-refractivity contribution is 0.959. The number of nitrogens with two attached hydrogens (primary N) is 1. The van der Waals surface area contributed by atoms with Crippen LogP contribution in [0.15, 0.2) is 54.7 Å². The Hall–Kier alpha value is -1.76. The van der Waals surface area contributed by atoms with Crippen LogP contribution in [0.2, 0.25) is 0 Å². The summed E-state index contributed by atoms with van der Waals surface area (Å²) >= 11 is 0. The number of hydrogen-bond donors (Lipinski definition) is 1. The van der Waals surface area contributed by atoms with Gasteiger partial charge >= 0.3 is 0 Å². The van der Waals surface area contributed by atoms with Crippen molar-refractivity contribution in [3.05, 3.63) is 65.8 Å². The Morgan fingerprint density at radius 2 is 2.17 bits per heavy atom. The topological polar surface area (TPSA) is 26.0 Å². The van der Waals surface area contributed by atoms with Crippen molar-refractivity contribution in [2.45, 2.75) is 33.1 Å². The van der Waals surface area contributed by atoms with E-state index in [0.717, 1.165) is 24.9 Å². The minimum absolute atomic E-state index is 0.898. The molecule has 0 saturated heterocycles. The molecule has 0 amide bonds. The molecule has 2 N–H and O–H groups in total. The molecule has 0 aliphatic carbocycles. The van der Waals surface area contributed by atoms with Crippen LogP contribution in [-0.4, -0.2) is 0 Å². The largest absolute Gasteiger partial charge is 0.399 e. The molecule has 0 aliphatic rings. The van der Waals surface area contributed by atoms with Gasteiger partial charge in [-0.25, -0.2) is 0 Å². The summed E-state index contributed by atoms with van der Waals surface area (Å²) in [7, 11) is 0. The first-order valence-corrected chi connectivity index (χ1v) is 6.52. The van der Waals surface area contributed by atoms with Crippen molar-refractivity contribution in [1.29, 1.82) is 0 Å². The van der Waals surface area contributed by atoms with Crippen molar-refractivity contribution in [3.63, 3.8) is 0 Å². The van der Waals surface area contributed by atoms with Crippen molar-refractivity contribution in [2.24, 2.45) is 0 Å². The Morgan fingerprint density at radius 1 is 1.39 bits per heavy atom. The first-order chi connectivity index (χ1) is 8.71. The van der Waals surface area contributed by atoms with Gasteiger partial charge in [-0.3, -0.25) is 0 Å². The zero-order valence-electron chi connectivity index (χ0n) is 11.4. The Balaban J connectivity index is 2.70. The van der Waals surface area contributed by atoms with Gasteiger partial charge in [-0.1, -0.05) is 49.9 Å². The summed E-state index contributed by atoms with van der Waals surface area (Å²) in [6, 6.07) is 6.34. The van der Waals surface area contributed by atoms with Crippen LogP contribution in [-0.2, 0) is 12.8 Å². The highest BCUT2D eigenvalue weighted by molar-refractivity contribution is 5.48. The summed E-state index contributed by atoms with van der Waals surface area (Å²) < 4.78 is 0. The average molecular weight is 241 g/mol. The van der Waals surface area contributed by atoms with Crippen LogP contribution in [0.5, 0.6) is 0 Å². The Kier molecular flexibility index (Phi) is 5.99. The van der Waals surface area contributed by atoms with Gasteiger partial charge in [-0.15, -0.1) is 0 Å². The van der Waals surface area contributed by atoms with E-state index in [-0.39, 0.29) is 0 Å². The molecule has 1 nitrogen and oxygen atoms in total. The van der Waals surface area contributed by atoms with Gasteiger partial charge in [0.25, 0.3) is 0 Å². The van der Waals surface area contributed by atoms with E-state index in [1.54, 1.807) is 0 Å². The number of aryl methyl sites for hydroxylation is 2. The standard InChI is InChI=1S/C17H23N/c1-4-7-8-14(5-2)9-10-15-11-12-17(18)16(6-3)13-15/h4-5,7-8,11-13H,2,6,9-10,18H2,1,3H3/b7-4-,14-8+. The van der Waals surface area contributed by atoms with Crippen molar-refractivity contribution >= 4 is 5.69 Å². The van der Waals surface area contributed by atoms with Crippen LogP contribution in [0, 0.1) is 0 Å². The quantitative estimate of drug-likeness (QED) is 0.578. The molecule has 0 aliphatic heterocycles. The zero-order chi connectivity index (χ0) is 13.4. The second-order valence-corrected chi connectivity index (χ2v) is 4.36. The minimum Gasteiger partial charge on any atom is -0.399 e. The molecule has 1 heteroatoms. The molecular formula is C17H23N. The lowest BCUT2D eigenvalue weighted by Crippen LogP contribution is -1.95. The molecule has 0 saturated carbocycles. The first kappa shape index (κ1) is 14.3. The fourth-order valence-electron chi connectivity index (χ4n) is 1.88. The van der Waals surface area contributed by atoms with Crippen molar-refractivity contribution in [3.8, 4) is 0 Å². The summed E-state index contributed by atoms with van der Waals surface area (Å²) in [5.41, 5.74) is 10.7. The lowest BCUT2D eigenvalue weighted by Gasteiger charge is -2.07. The van der Waals surface area contributed by atoms with E-state index in [1.165, 1.54) is 16.7 Å². The average Bonchev–Trinajstić information content (AvgIpc) is 2.40. The molecule has 1 aromatic rings. The number of benzene rings is 1. The number of hydrogen-bond acceptors (Lipinski definition) is 1. The molecule has 0 unspecified atom stereocenters. The maximum atomic E-state index is 5.91. The van der Waals surface area contributed by atoms with Crippen molar-refractivity contribution in [1.82, 2.24) is 0 Å². The maximum absolute atomic E-state index is 5.91. The predicted molar refractivity (Wildman–Crippen MR) is 81.6 cm³/mol. The van der Waals surface area contributed by atoms with E-state index in [0.29, 0.717) is 0 Å². The molecule has 0 bridgehead atoms. The highest BCUT2D eigenvalue weighted by Gasteiger charge is 2.00. The number of anilines is 1. The molecule has 96 valence electrons. The summed E-state index contributed by atoms with van der Waals surface area (Å²) in [4.78, 5) is 0. The van der Waals surface area contributed by atoms with Crippen LogP contribution in [0.4, 0.5) is 5.69 Å². The van der Waals surface area contributed by atoms with E-state index >= 15 is 0 Å². The molecule has 0 heterocycles. The van der Waals surface area contributed by atoms with E-state index < -0.39 is 0 Å². The molecule has 0 fully saturated rings. The van der Waals surface area contributed by atoms with Gasteiger partial charge in [0.05, 0.1) is 0 Å². The summed E-state index contributed by atoms with van der Waals surface area (Å²) in [5.74, 6) is 0. The molecule has 0 atom stereocenters. The summed E-state index contributed by atoms with van der Waals surface area (Å²) in [6.45, 7) is 8.01. The van der Waals surface area contributed by atoms with E-state index in [2.05, 4.69) is 37.8 Å². The van der Waals surface area contributed by atoms with Crippen LogP contribution in [0.3, 0.4) is 0 Å². The van der Waals surface area contributed by atoms with Crippen molar-refractivity contribution in [2.75, 3.05) is 5.73 Å². The lowest BCUT2D eigenvalue weighted by atomic mass is 10.0. The van der Waals surface area contributed by atoms with Gasteiger partial charge < -0.3 is 5.73 Å². The van der Waals surface area contributed by atoms with Crippen LogP contribution in [0.1, 0.15) is 31.4 Å². The predicted octanol–water partition coefficient (Wildman–Crippen LogP) is 4.45. The summed E-state index contributed by atoms with van der Waals surface area (Å²) in [6.07, 6.45) is 11.2. The number of nitrogen functional groups attached to an aromatic ring is 1. The first-order valence-electron chi connectivity index (χ1n) is 6.52. The highest BCUT2D eigenvalue weighted by Crippen LogP contribution is 2.17. The highest BCUT2D eigenvalue weighted by atomic mass is 14.6. The van der Waals surface area contributed by atoms with E-state index in [9.17, 15) is 0 Å². The fourth-order valence-corrected chi connectivity index (χ4v) is 1.88. The third-order valence-electron chi connectivity index (χ3n) is 3.06. The second kappa shape index (κ2) is 7.54. The maximum Gasteiger partial charge on any atom is 0.0346 e. The second-order valence-electron chi connectivity index (χ2n) is 4.36. The van der Waals surface area contributed by atoms with Gasteiger partial charge in [0.2, 0.25) is 0 Å². The number of rotatable bonds is 6. The van der Waals surface area contributed by atoms with Gasteiger partial charge in [-0.2, -0.15) is 0 Å². The normalized spacial score (nSPS) is 12.0. The van der Waals surface area contributed by atoms with E-state index in [1.807, 2.05) is 25.1 Å². The molecule has 1 rings (SSSR count). The monoisotopic (exact) mass is 241 g/mol. The van der Waals surface area contributed by atoms with Crippen LogP contribution >= 0.6 is 0 Å². The molecule has 18 heavy (non-hydrogen) atoms. The third-order valence-corrected chi connectivity index (χ3v) is 3.06. The van der Waals surface area contributed by atoms with Crippen LogP contribution in [0.25, 0.3) is 0 Å². The Morgan fingerprint density at radius 3 is 2.78 bits per heavy atom. The number of allylic oxidation sites excluding steroid dienone is 5. The van der Waals surface area contributed by atoms with E-state index in [4.69, 9.17) is 5.73 Å². The van der Waals surface area contributed by atoms with Crippen molar-refractivity contribution < 1.29 is 0 Å². The van der Waals surface area contributed by atoms with Gasteiger partial charge in [-0.05, 0) is 49.0 Å². The molecule has 0 aromatic heterocycles.